The summed E-state index contributed by atoms with van der Waals surface area (Å²) in [6, 6.07) is 9.71. The minimum Gasteiger partial charge on any atom is -0.493 e. The number of thioether (sulfide) groups is 1. The summed E-state index contributed by atoms with van der Waals surface area (Å²) in [5.74, 6) is 1.19. The van der Waals surface area contributed by atoms with Gasteiger partial charge in [-0.1, -0.05) is 49.3 Å². The van der Waals surface area contributed by atoms with Crippen LogP contribution < -0.4 is 9.47 Å². The Kier molecular flexibility index (Phi) is 7.30. The summed E-state index contributed by atoms with van der Waals surface area (Å²) >= 11 is 10.5. The van der Waals surface area contributed by atoms with Gasteiger partial charge in [0.1, 0.15) is 10.9 Å². The van der Waals surface area contributed by atoms with Crippen molar-refractivity contribution in [3.05, 3.63) is 57.2 Å². The molecule has 162 valence electrons. The average molecular weight is 519 g/mol. The molecule has 1 aromatic heterocycles. The van der Waals surface area contributed by atoms with Crippen molar-refractivity contribution in [1.29, 1.82) is 0 Å². The van der Waals surface area contributed by atoms with E-state index in [-0.39, 0.29) is 11.9 Å². The van der Waals surface area contributed by atoms with Gasteiger partial charge in [-0.15, -0.1) is 0 Å². The highest BCUT2D eigenvalue weighted by Crippen LogP contribution is 2.40. The molecule has 0 atom stereocenters. The molecule has 2 heterocycles. The number of amides is 1. The number of aromatic nitrogens is 1. The molecule has 4 rings (SSSR count). The number of carbonyl (C=O) groups excluding carboxylic acids is 1. The summed E-state index contributed by atoms with van der Waals surface area (Å²) in [4.78, 5) is 19.8. The molecule has 0 radical (unpaired) electrons. The average Bonchev–Trinajstić information content (AvgIpc) is 3.06. The highest BCUT2D eigenvalue weighted by Gasteiger charge is 2.37. The SMILES string of the molecule is COc1cc(/C=C2\SC(=S)N(C3CCCCC3)C2=O)cc(Br)c1OCc1ccccn1. The Bertz CT molecular complexity index is 1010. The van der Waals surface area contributed by atoms with E-state index >= 15 is 0 Å². The number of benzene rings is 1. The summed E-state index contributed by atoms with van der Waals surface area (Å²) in [7, 11) is 1.60. The van der Waals surface area contributed by atoms with Crippen LogP contribution in [0.2, 0.25) is 0 Å². The summed E-state index contributed by atoms with van der Waals surface area (Å²) < 4.78 is 12.9. The zero-order valence-corrected chi connectivity index (χ0v) is 20.4. The first-order chi connectivity index (χ1) is 15.1. The number of hydrogen-bond acceptors (Lipinski definition) is 6. The van der Waals surface area contributed by atoms with Crippen LogP contribution >= 0.6 is 39.9 Å². The lowest BCUT2D eigenvalue weighted by atomic mass is 9.94. The zero-order chi connectivity index (χ0) is 21.8. The van der Waals surface area contributed by atoms with Gasteiger partial charge in [-0.25, -0.2) is 0 Å². The van der Waals surface area contributed by atoms with Crippen LogP contribution in [-0.4, -0.2) is 33.3 Å². The summed E-state index contributed by atoms with van der Waals surface area (Å²) in [5, 5.41) is 0. The second-order valence-electron chi connectivity index (χ2n) is 7.49. The summed E-state index contributed by atoms with van der Waals surface area (Å²) in [6.45, 7) is 0.329. The number of ether oxygens (including phenoxy) is 2. The molecule has 1 amide bonds. The molecule has 8 heteroatoms. The standard InChI is InChI=1S/C23H23BrN2O3S2/c1-28-19-12-15(11-18(24)21(19)29-14-16-7-5-6-10-25-16)13-20-22(27)26(23(30)31-20)17-8-3-2-4-9-17/h5-7,10-13,17H,2-4,8-9,14H2,1H3/b20-13-. The van der Waals surface area contributed by atoms with Gasteiger partial charge in [-0.3, -0.25) is 14.7 Å². The maximum Gasteiger partial charge on any atom is 0.266 e. The third-order valence-electron chi connectivity index (χ3n) is 5.40. The van der Waals surface area contributed by atoms with Gasteiger partial charge >= 0.3 is 0 Å². The fraction of sp³-hybridized carbons (Fsp3) is 0.348. The van der Waals surface area contributed by atoms with Crippen molar-refractivity contribution in [3.8, 4) is 11.5 Å². The number of methoxy groups -OCH3 is 1. The molecule has 2 aromatic rings. The number of rotatable bonds is 6. The molecule has 1 saturated carbocycles. The van der Waals surface area contributed by atoms with E-state index in [0.29, 0.717) is 27.3 Å². The Morgan fingerprint density at radius 3 is 2.81 bits per heavy atom. The van der Waals surface area contributed by atoms with E-state index in [1.54, 1.807) is 13.3 Å². The Hall–Kier alpha value is -1.90. The first-order valence-electron chi connectivity index (χ1n) is 10.2. The topological polar surface area (TPSA) is 51.7 Å². The van der Waals surface area contributed by atoms with E-state index in [2.05, 4.69) is 20.9 Å². The molecule has 0 bridgehead atoms. The van der Waals surface area contributed by atoms with Gasteiger partial charge in [0, 0.05) is 12.2 Å². The minimum absolute atomic E-state index is 0.00691. The molecule has 0 unspecified atom stereocenters. The van der Waals surface area contributed by atoms with Crippen LogP contribution in [0.1, 0.15) is 43.4 Å². The molecule has 0 spiro atoms. The maximum absolute atomic E-state index is 13.1. The quantitative estimate of drug-likeness (QED) is 0.347. The Morgan fingerprint density at radius 1 is 1.29 bits per heavy atom. The molecule has 0 N–H and O–H groups in total. The Morgan fingerprint density at radius 2 is 2.10 bits per heavy atom. The second-order valence-corrected chi connectivity index (χ2v) is 10.0. The molecule has 2 aliphatic rings. The Balaban J connectivity index is 1.54. The summed E-state index contributed by atoms with van der Waals surface area (Å²) in [6.07, 6.45) is 9.22. The monoisotopic (exact) mass is 518 g/mol. The predicted octanol–water partition coefficient (Wildman–Crippen LogP) is 5.97. The van der Waals surface area contributed by atoms with Gasteiger partial charge in [-0.2, -0.15) is 0 Å². The molecular weight excluding hydrogens is 496 g/mol. The van der Waals surface area contributed by atoms with Crippen LogP contribution in [0.4, 0.5) is 0 Å². The van der Waals surface area contributed by atoms with Crippen molar-refractivity contribution in [2.75, 3.05) is 7.11 Å². The van der Waals surface area contributed by atoms with Crippen LogP contribution in [0.5, 0.6) is 11.5 Å². The van der Waals surface area contributed by atoms with Gasteiger partial charge in [0.2, 0.25) is 0 Å². The van der Waals surface area contributed by atoms with Crippen LogP contribution in [0.25, 0.3) is 6.08 Å². The van der Waals surface area contributed by atoms with Crippen molar-refractivity contribution in [2.45, 2.75) is 44.8 Å². The molecule has 2 fully saturated rings. The van der Waals surface area contributed by atoms with E-state index in [4.69, 9.17) is 21.7 Å². The van der Waals surface area contributed by atoms with Gasteiger partial charge in [0.15, 0.2) is 11.5 Å². The molecule has 1 aromatic carbocycles. The third-order valence-corrected chi connectivity index (χ3v) is 7.32. The fourth-order valence-corrected chi connectivity index (χ4v) is 5.85. The van der Waals surface area contributed by atoms with Crippen molar-refractivity contribution >= 4 is 56.2 Å². The lowest BCUT2D eigenvalue weighted by Crippen LogP contribution is -2.39. The van der Waals surface area contributed by atoms with Gasteiger partial charge in [0.25, 0.3) is 5.91 Å². The lowest BCUT2D eigenvalue weighted by Gasteiger charge is -2.29. The van der Waals surface area contributed by atoms with Gasteiger partial charge in [0.05, 0.1) is 22.2 Å². The van der Waals surface area contributed by atoms with E-state index in [9.17, 15) is 4.79 Å². The van der Waals surface area contributed by atoms with Crippen LogP contribution in [0, 0.1) is 0 Å². The fourth-order valence-electron chi connectivity index (χ4n) is 3.88. The second kappa shape index (κ2) is 10.1. The number of halogens is 1. The van der Waals surface area contributed by atoms with Crippen molar-refractivity contribution in [2.24, 2.45) is 0 Å². The number of hydrogen-bond donors (Lipinski definition) is 0. The highest BCUT2D eigenvalue weighted by molar-refractivity contribution is 9.10. The molecule has 31 heavy (non-hydrogen) atoms. The van der Waals surface area contributed by atoms with Crippen molar-refractivity contribution < 1.29 is 14.3 Å². The van der Waals surface area contributed by atoms with Crippen LogP contribution in [0.3, 0.4) is 0 Å². The van der Waals surface area contributed by atoms with Crippen molar-refractivity contribution in [3.63, 3.8) is 0 Å². The number of carbonyl (C=O) groups is 1. The molecule has 1 aliphatic heterocycles. The first kappa shape index (κ1) is 22.3. The third kappa shape index (κ3) is 5.13. The highest BCUT2D eigenvalue weighted by atomic mass is 79.9. The van der Waals surface area contributed by atoms with E-state index in [0.717, 1.165) is 41.4 Å². The number of thiocarbonyl (C=S) groups is 1. The van der Waals surface area contributed by atoms with Crippen LogP contribution in [-0.2, 0) is 11.4 Å². The van der Waals surface area contributed by atoms with E-state index in [1.807, 2.05) is 41.3 Å². The van der Waals surface area contributed by atoms with Crippen LogP contribution in [0.15, 0.2) is 45.9 Å². The molecule has 5 nitrogen and oxygen atoms in total. The number of pyridine rings is 1. The maximum atomic E-state index is 13.1. The van der Waals surface area contributed by atoms with Gasteiger partial charge in [-0.05, 0) is 64.7 Å². The molecule has 1 saturated heterocycles. The molecule has 1 aliphatic carbocycles. The van der Waals surface area contributed by atoms with Crippen molar-refractivity contribution in [1.82, 2.24) is 9.88 Å². The lowest BCUT2D eigenvalue weighted by molar-refractivity contribution is -0.124. The normalized spacial score (nSPS) is 18.6. The zero-order valence-electron chi connectivity index (χ0n) is 17.2. The largest absolute Gasteiger partial charge is 0.493 e. The minimum atomic E-state index is 0.00691. The van der Waals surface area contributed by atoms with E-state index in [1.165, 1.54) is 18.2 Å². The first-order valence-corrected chi connectivity index (χ1v) is 12.3. The molecular formula is C23H23BrN2O3S2. The number of nitrogens with zero attached hydrogens (tertiary/aromatic N) is 2. The summed E-state index contributed by atoms with van der Waals surface area (Å²) in [5.41, 5.74) is 1.67. The predicted molar refractivity (Wildman–Crippen MR) is 131 cm³/mol. The van der Waals surface area contributed by atoms with Gasteiger partial charge < -0.3 is 9.47 Å². The smallest absolute Gasteiger partial charge is 0.266 e. The Labute approximate surface area is 200 Å². The van der Waals surface area contributed by atoms with E-state index < -0.39 is 0 Å².